The van der Waals surface area contributed by atoms with E-state index in [1.54, 1.807) is 6.92 Å². The van der Waals surface area contributed by atoms with Crippen molar-refractivity contribution in [3.05, 3.63) is 12.2 Å². The van der Waals surface area contributed by atoms with Gasteiger partial charge >= 0.3 is 11.9 Å². The number of allylic oxidation sites excluding steroid dienone is 2. The molecule has 2 fully saturated rings. The summed E-state index contributed by atoms with van der Waals surface area (Å²) in [4.78, 5) is 23.0. The zero-order chi connectivity index (χ0) is 11.9. The highest BCUT2D eigenvalue weighted by Gasteiger charge is 2.51. The van der Waals surface area contributed by atoms with Crippen molar-refractivity contribution < 1.29 is 14.3 Å². The third-order valence-corrected chi connectivity index (χ3v) is 3.88. The van der Waals surface area contributed by atoms with Gasteiger partial charge in [-0.15, -0.1) is 0 Å². The van der Waals surface area contributed by atoms with Gasteiger partial charge in [0, 0.05) is 0 Å². The van der Waals surface area contributed by atoms with E-state index in [9.17, 15) is 9.59 Å². The highest BCUT2D eigenvalue weighted by Crippen LogP contribution is 2.50. The highest BCUT2D eigenvalue weighted by molar-refractivity contribution is 5.96. The van der Waals surface area contributed by atoms with Gasteiger partial charge < -0.3 is 4.74 Å². The van der Waals surface area contributed by atoms with Crippen LogP contribution in [0.1, 0.15) is 27.2 Å². The van der Waals surface area contributed by atoms with E-state index in [1.165, 1.54) is 0 Å². The highest BCUT2D eigenvalue weighted by atomic mass is 16.6. The number of hydrogen-bond acceptors (Lipinski definition) is 3. The average Bonchev–Trinajstić information content (AvgIpc) is 2.88. The van der Waals surface area contributed by atoms with E-state index in [0.29, 0.717) is 11.8 Å². The monoisotopic (exact) mass is 222 g/mol. The van der Waals surface area contributed by atoms with E-state index in [4.69, 9.17) is 4.74 Å². The van der Waals surface area contributed by atoms with Crippen molar-refractivity contribution >= 4 is 11.9 Å². The smallest absolute Gasteiger partial charge is 0.318 e. The predicted octanol–water partition coefficient (Wildman–Crippen LogP) is 2.17. The maximum absolute atomic E-state index is 11.7. The van der Waals surface area contributed by atoms with Crippen LogP contribution in [0.25, 0.3) is 0 Å². The van der Waals surface area contributed by atoms with Gasteiger partial charge in [-0.3, -0.25) is 9.59 Å². The molecule has 0 N–H and O–H groups in total. The topological polar surface area (TPSA) is 43.4 Å². The van der Waals surface area contributed by atoms with Crippen molar-refractivity contribution in [2.75, 3.05) is 0 Å². The molecule has 2 aliphatic rings. The molecule has 16 heavy (non-hydrogen) atoms. The van der Waals surface area contributed by atoms with Crippen LogP contribution in [0, 0.1) is 29.6 Å². The molecule has 88 valence electrons. The first-order valence-electron chi connectivity index (χ1n) is 5.94. The van der Waals surface area contributed by atoms with Crippen molar-refractivity contribution in [3.8, 4) is 0 Å². The van der Waals surface area contributed by atoms with Gasteiger partial charge in [-0.05, 0) is 31.1 Å². The summed E-state index contributed by atoms with van der Waals surface area (Å²) in [6.45, 7) is 5.93. The molecule has 5 atom stereocenters. The Morgan fingerprint density at radius 3 is 2.31 bits per heavy atom. The molecular weight excluding hydrogens is 204 g/mol. The Bertz CT molecular complexity index is 345. The molecule has 0 aromatic rings. The summed E-state index contributed by atoms with van der Waals surface area (Å²) in [5, 5.41) is 0. The van der Waals surface area contributed by atoms with E-state index in [0.717, 1.165) is 6.42 Å². The SMILES string of the molecule is C/C=C\C(C1CC1C)[C@H]1C(=O)OC(=O)[C@H]1C. The molecule has 0 amide bonds. The van der Waals surface area contributed by atoms with E-state index >= 15 is 0 Å². The number of carbonyl (C=O) groups is 2. The quantitative estimate of drug-likeness (QED) is 0.417. The molecule has 1 heterocycles. The summed E-state index contributed by atoms with van der Waals surface area (Å²) in [5.74, 6) is 0.130. The van der Waals surface area contributed by atoms with Crippen LogP contribution in [0.3, 0.4) is 0 Å². The summed E-state index contributed by atoms with van der Waals surface area (Å²) < 4.78 is 4.71. The summed E-state index contributed by atoms with van der Waals surface area (Å²) in [6.07, 6.45) is 5.19. The largest absolute Gasteiger partial charge is 0.393 e. The predicted molar refractivity (Wildman–Crippen MR) is 59.3 cm³/mol. The van der Waals surface area contributed by atoms with Crippen molar-refractivity contribution in [3.63, 3.8) is 0 Å². The molecule has 3 unspecified atom stereocenters. The zero-order valence-electron chi connectivity index (χ0n) is 9.97. The third kappa shape index (κ3) is 1.79. The Hall–Kier alpha value is -1.12. The second-order valence-corrected chi connectivity index (χ2v) is 5.03. The van der Waals surface area contributed by atoms with Crippen molar-refractivity contribution in [1.82, 2.24) is 0 Å². The second kappa shape index (κ2) is 4.04. The lowest BCUT2D eigenvalue weighted by Gasteiger charge is -2.19. The molecule has 3 nitrogen and oxygen atoms in total. The summed E-state index contributed by atoms with van der Waals surface area (Å²) in [6, 6.07) is 0. The van der Waals surface area contributed by atoms with Gasteiger partial charge in [0.15, 0.2) is 0 Å². The number of ether oxygens (including phenoxy) is 1. The average molecular weight is 222 g/mol. The van der Waals surface area contributed by atoms with Gasteiger partial charge in [0.05, 0.1) is 11.8 Å². The summed E-state index contributed by atoms with van der Waals surface area (Å²) in [5.41, 5.74) is 0. The fourth-order valence-corrected chi connectivity index (χ4v) is 2.74. The number of esters is 2. The van der Waals surface area contributed by atoms with Crippen molar-refractivity contribution in [2.24, 2.45) is 29.6 Å². The van der Waals surface area contributed by atoms with Crippen LogP contribution in [0.4, 0.5) is 0 Å². The van der Waals surface area contributed by atoms with E-state index in [1.807, 2.05) is 13.0 Å². The Morgan fingerprint density at radius 1 is 1.31 bits per heavy atom. The lowest BCUT2D eigenvalue weighted by Crippen LogP contribution is -2.25. The lowest BCUT2D eigenvalue weighted by molar-refractivity contribution is -0.154. The molecule has 0 radical (unpaired) electrons. The number of hydrogen-bond donors (Lipinski definition) is 0. The number of cyclic esters (lactones) is 2. The van der Waals surface area contributed by atoms with Crippen LogP contribution < -0.4 is 0 Å². The lowest BCUT2D eigenvalue weighted by atomic mass is 9.80. The van der Waals surface area contributed by atoms with Crippen LogP contribution in [-0.4, -0.2) is 11.9 Å². The van der Waals surface area contributed by atoms with Gasteiger partial charge in [-0.1, -0.05) is 26.0 Å². The van der Waals surface area contributed by atoms with Crippen LogP contribution >= 0.6 is 0 Å². The molecule has 3 heteroatoms. The van der Waals surface area contributed by atoms with E-state index in [2.05, 4.69) is 13.0 Å². The minimum absolute atomic E-state index is 0.175. The first kappa shape index (κ1) is 11.4. The summed E-state index contributed by atoms with van der Waals surface area (Å²) in [7, 11) is 0. The fourth-order valence-electron chi connectivity index (χ4n) is 2.74. The first-order chi connectivity index (χ1) is 7.56. The Labute approximate surface area is 95.9 Å². The first-order valence-corrected chi connectivity index (χ1v) is 5.94. The van der Waals surface area contributed by atoms with Gasteiger partial charge in [0.25, 0.3) is 0 Å². The molecule has 0 bridgehead atoms. The molecule has 1 aliphatic heterocycles. The molecule has 2 rings (SSSR count). The number of carbonyl (C=O) groups excluding carboxylic acids is 2. The van der Waals surface area contributed by atoms with E-state index in [-0.39, 0.29) is 29.7 Å². The maximum Gasteiger partial charge on any atom is 0.318 e. The number of rotatable bonds is 3. The van der Waals surface area contributed by atoms with Crippen molar-refractivity contribution in [2.45, 2.75) is 27.2 Å². The molecule has 1 saturated heterocycles. The van der Waals surface area contributed by atoms with Crippen LogP contribution in [0.15, 0.2) is 12.2 Å². The second-order valence-electron chi connectivity index (χ2n) is 5.03. The molecule has 0 spiro atoms. The standard InChI is InChI=1S/C13H18O3/c1-4-5-9(10-6-7(10)2)11-8(3)12(14)16-13(11)15/h4-5,7-11H,6H2,1-3H3/b5-4-/t7?,8-,9?,10?,11-/m0/s1. The van der Waals surface area contributed by atoms with Crippen LogP contribution in [0.5, 0.6) is 0 Å². The Balaban J connectivity index is 2.19. The Morgan fingerprint density at radius 2 is 1.94 bits per heavy atom. The molecule has 0 aromatic carbocycles. The molecule has 0 aromatic heterocycles. The minimum Gasteiger partial charge on any atom is -0.393 e. The Kier molecular flexibility index (Phi) is 2.87. The molecule has 1 saturated carbocycles. The van der Waals surface area contributed by atoms with Crippen LogP contribution in [-0.2, 0) is 14.3 Å². The third-order valence-electron chi connectivity index (χ3n) is 3.88. The van der Waals surface area contributed by atoms with Gasteiger partial charge in [0.2, 0.25) is 0 Å². The summed E-state index contributed by atoms with van der Waals surface area (Å²) >= 11 is 0. The van der Waals surface area contributed by atoms with Crippen molar-refractivity contribution in [1.29, 1.82) is 0 Å². The minimum atomic E-state index is -0.363. The maximum atomic E-state index is 11.7. The normalized spacial score (nSPS) is 40.2. The molecular formula is C13H18O3. The fraction of sp³-hybridized carbons (Fsp3) is 0.692. The van der Waals surface area contributed by atoms with Gasteiger partial charge in [-0.25, -0.2) is 0 Å². The van der Waals surface area contributed by atoms with Crippen LogP contribution in [0.2, 0.25) is 0 Å². The van der Waals surface area contributed by atoms with E-state index < -0.39 is 0 Å². The molecule has 1 aliphatic carbocycles. The zero-order valence-corrected chi connectivity index (χ0v) is 9.97. The van der Waals surface area contributed by atoms with Gasteiger partial charge in [0.1, 0.15) is 0 Å². The van der Waals surface area contributed by atoms with Gasteiger partial charge in [-0.2, -0.15) is 0 Å².